The van der Waals surface area contributed by atoms with Crippen LogP contribution in [0.2, 0.25) is 0 Å². The quantitative estimate of drug-likeness (QED) is 0.620. The predicted octanol–water partition coefficient (Wildman–Crippen LogP) is 4.22. The molecule has 1 aromatic heterocycles. The van der Waals surface area contributed by atoms with Gasteiger partial charge in [0, 0.05) is 24.5 Å². The van der Waals surface area contributed by atoms with Crippen molar-refractivity contribution in [3.8, 4) is 5.69 Å². The van der Waals surface area contributed by atoms with Crippen LogP contribution < -0.4 is 10.2 Å². The first-order valence-electron chi connectivity index (χ1n) is 9.87. The van der Waals surface area contributed by atoms with Crippen LogP contribution in [-0.4, -0.2) is 39.5 Å². The van der Waals surface area contributed by atoms with Crippen molar-refractivity contribution >= 4 is 29.0 Å². The second-order valence-corrected chi connectivity index (χ2v) is 8.17. The van der Waals surface area contributed by atoms with Crippen molar-refractivity contribution in [1.82, 2.24) is 14.8 Å². The molecule has 6 nitrogen and oxygen atoms in total. The average molecular weight is 408 g/mol. The molecule has 0 radical (unpaired) electrons. The summed E-state index contributed by atoms with van der Waals surface area (Å²) in [4.78, 5) is 14.8. The van der Waals surface area contributed by atoms with Crippen LogP contribution in [0.25, 0.3) is 5.69 Å². The predicted molar refractivity (Wildman–Crippen MR) is 118 cm³/mol. The zero-order valence-electron chi connectivity index (χ0n) is 16.8. The minimum absolute atomic E-state index is 0.0547. The molecule has 1 amide bonds. The van der Waals surface area contributed by atoms with Gasteiger partial charge in [0.05, 0.1) is 11.4 Å². The Morgan fingerprint density at radius 3 is 2.48 bits per heavy atom. The molecule has 29 heavy (non-hydrogen) atoms. The molecule has 1 fully saturated rings. The zero-order valence-corrected chi connectivity index (χ0v) is 17.6. The molecule has 4 rings (SSSR count). The summed E-state index contributed by atoms with van der Waals surface area (Å²) in [7, 11) is 0. The highest BCUT2D eigenvalue weighted by Crippen LogP contribution is 2.25. The monoisotopic (exact) mass is 407 g/mol. The van der Waals surface area contributed by atoms with Crippen LogP contribution in [0.3, 0.4) is 0 Å². The molecule has 1 aliphatic rings. The number of nitrogens with one attached hydrogen (secondary N) is 1. The number of anilines is 2. The number of para-hydroxylation sites is 1. The molecule has 1 aliphatic heterocycles. The van der Waals surface area contributed by atoms with Gasteiger partial charge in [-0.25, -0.2) is 0 Å². The summed E-state index contributed by atoms with van der Waals surface area (Å²) >= 11 is 1.39. The molecule has 2 heterocycles. The Morgan fingerprint density at radius 2 is 1.76 bits per heavy atom. The molecule has 1 saturated heterocycles. The lowest BCUT2D eigenvalue weighted by Crippen LogP contribution is -2.18. The number of carbonyl (C=O) groups is 1. The SMILES string of the molecule is Cc1ccccc1-n1c(C)nnc1SCC(=O)Nc1ccc(N2CCCC2)cc1. The fourth-order valence-corrected chi connectivity index (χ4v) is 4.38. The van der Waals surface area contributed by atoms with Gasteiger partial charge in [-0.05, 0) is 62.6 Å². The summed E-state index contributed by atoms with van der Waals surface area (Å²) in [5, 5.41) is 12.1. The molecule has 0 saturated carbocycles. The number of aromatic nitrogens is 3. The summed E-state index contributed by atoms with van der Waals surface area (Å²) in [5.41, 5.74) is 4.21. The maximum atomic E-state index is 12.4. The van der Waals surface area contributed by atoms with E-state index in [1.54, 1.807) is 0 Å². The van der Waals surface area contributed by atoms with Crippen LogP contribution in [0.1, 0.15) is 24.2 Å². The highest BCUT2D eigenvalue weighted by molar-refractivity contribution is 7.99. The Balaban J connectivity index is 1.39. The molecular weight excluding hydrogens is 382 g/mol. The third-order valence-electron chi connectivity index (χ3n) is 5.11. The number of thioether (sulfide) groups is 1. The third-order valence-corrected chi connectivity index (χ3v) is 6.04. The lowest BCUT2D eigenvalue weighted by atomic mass is 10.2. The summed E-state index contributed by atoms with van der Waals surface area (Å²) in [6, 6.07) is 16.2. The van der Waals surface area contributed by atoms with Gasteiger partial charge in [0.2, 0.25) is 5.91 Å². The second kappa shape index (κ2) is 8.69. The molecule has 0 bridgehead atoms. The summed E-state index contributed by atoms with van der Waals surface area (Å²) in [6.45, 7) is 6.21. The van der Waals surface area contributed by atoms with E-state index in [9.17, 15) is 4.79 Å². The number of nitrogens with zero attached hydrogens (tertiary/aromatic N) is 4. The normalized spacial score (nSPS) is 13.7. The van der Waals surface area contributed by atoms with Gasteiger partial charge >= 0.3 is 0 Å². The van der Waals surface area contributed by atoms with E-state index in [-0.39, 0.29) is 11.7 Å². The van der Waals surface area contributed by atoms with Crippen molar-refractivity contribution in [2.45, 2.75) is 31.8 Å². The molecule has 0 atom stereocenters. The van der Waals surface area contributed by atoms with Gasteiger partial charge in [-0.1, -0.05) is 30.0 Å². The summed E-state index contributed by atoms with van der Waals surface area (Å²) in [6.07, 6.45) is 2.50. The highest BCUT2D eigenvalue weighted by Gasteiger charge is 2.15. The van der Waals surface area contributed by atoms with Crippen molar-refractivity contribution in [3.05, 3.63) is 59.9 Å². The smallest absolute Gasteiger partial charge is 0.234 e. The van der Waals surface area contributed by atoms with Gasteiger partial charge < -0.3 is 10.2 Å². The minimum atomic E-state index is -0.0547. The Labute approximate surface area is 175 Å². The molecule has 1 N–H and O–H groups in total. The first-order chi connectivity index (χ1) is 14.1. The number of rotatable bonds is 6. The van der Waals surface area contributed by atoms with E-state index in [2.05, 4.69) is 45.5 Å². The number of amides is 1. The van der Waals surface area contributed by atoms with Crippen LogP contribution in [-0.2, 0) is 4.79 Å². The Kier molecular flexibility index (Phi) is 5.85. The average Bonchev–Trinajstić information content (AvgIpc) is 3.38. The number of hydrogen-bond donors (Lipinski definition) is 1. The lowest BCUT2D eigenvalue weighted by molar-refractivity contribution is -0.113. The van der Waals surface area contributed by atoms with Gasteiger partial charge in [-0.15, -0.1) is 10.2 Å². The minimum Gasteiger partial charge on any atom is -0.372 e. The van der Waals surface area contributed by atoms with Gasteiger partial charge in [0.1, 0.15) is 5.82 Å². The van der Waals surface area contributed by atoms with E-state index in [0.29, 0.717) is 0 Å². The van der Waals surface area contributed by atoms with Crippen LogP contribution in [0.15, 0.2) is 53.7 Å². The van der Waals surface area contributed by atoms with Crippen molar-refractivity contribution in [2.24, 2.45) is 0 Å². The number of hydrogen-bond acceptors (Lipinski definition) is 5. The second-order valence-electron chi connectivity index (χ2n) is 7.23. The van der Waals surface area contributed by atoms with E-state index in [4.69, 9.17) is 0 Å². The topological polar surface area (TPSA) is 63.1 Å². The molecule has 0 unspecified atom stereocenters. The number of aryl methyl sites for hydroxylation is 2. The first-order valence-corrected chi connectivity index (χ1v) is 10.9. The molecule has 2 aromatic carbocycles. The molecule has 0 spiro atoms. The summed E-state index contributed by atoms with van der Waals surface area (Å²) in [5.74, 6) is 1.03. The van der Waals surface area contributed by atoms with Crippen molar-refractivity contribution in [3.63, 3.8) is 0 Å². The van der Waals surface area contributed by atoms with Gasteiger partial charge in [0.15, 0.2) is 5.16 Å². The Hall–Kier alpha value is -2.80. The van der Waals surface area contributed by atoms with Crippen LogP contribution in [0.4, 0.5) is 11.4 Å². The van der Waals surface area contributed by atoms with Crippen molar-refractivity contribution in [1.29, 1.82) is 0 Å². The Bertz CT molecular complexity index is 993. The molecule has 0 aliphatic carbocycles. The van der Waals surface area contributed by atoms with Gasteiger partial charge in [-0.3, -0.25) is 9.36 Å². The molecule has 7 heteroatoms. The van der Waals surface area contributed by atoms with E-state index >= 15 is 0 Å². The molecular formula is C22H25N5OS. The highest BCUT2D eigenvalue weighted by atomic mass is 32.2. The van der Waals surface area contributed by atoms with E-state index in [0.717, 1.165) is 41.0 Å². The fourth-order valence-electron chi connectivity index (χ4n) is 3.59. The zero-order chi connectivity index (χ0) is 20.2. The van der Waals surface area contributed by atoms with E-state index in [1.807, 2.05) is 41.8 Å². The van der Waals surface area contributed by atoms with Crippen molar-refractivity contribution < 1.29 is 4.79 Å². The van der Waals surface area contributed by atoms with Crippen LogP contribution in [0, 0.1) is 13.8 Å². The van der Waals surface area contributed by atoms with Crippen molar-refractivity contribution in [2.75, 3.05) is 29.1 Å². The van der Waals surface area contributed by atoms with Crippen LogP contribution in [0.5, 0.6) is 0 Å². The Morgan fingerprint density at radius 1 is 1.03 bits per heavy atom. The van der Waals surface area contributed by atoms with Gasteiger partial charge in [0.25, 0.3) is 0 Å². The number of benzene rings is 2. The first kappa shape index (κ1) is 19.5. The van der Waals surface area contributed by atoms with Gasteiger partial charge in [-0.2, -0.15) is 0 Å². The van der Waals surface area contributed by atoms with E-state index in [1.165, 1.54) is 30.3 Å². The van der Waals surface area contributed by atoms with E-state index < -0.39 is 0 Å². The third kappa shape index (κ3) is 4.45. The fraction of sp³-hybridized carbons (Fsp3) is 0.318. The largest absolute Gasteiger partial charge is 0.372 e. The maximum absolute atomic E-state index is 12.4. The standard InChI is InChI=1S/C22H25N5OS/c1-16-7-3-4-8-20(16)27-17(2)24-25-22(27)29-15-21(28)23-18-9-11-19(12-10-18)26-13-5-6-14-26/h3-4,7-12H,5-6,13-15H2,1-2H3,(H,23,28). The molecule has 3 aromatic rings. The maximum Gasteiger partial charge on any atom is 0.234 e. The number of carbonyl (C=O) groups excluding carboxylic acids is 1. The lowest BCUT2D eigenvalue weighted by Gasteiger charge is -2.17. The summed E-state index contributed by atoms with van der Waals surface area (Å²) < 4.78 is 2.00. The molecule has 150 valence electrons. The van der Waals surface area contributed by atoms with Crippen LogP contribution >= 0.6 is 11.8 Å².